The zero-order valence-corrected chi connectivity index (χ0v) is 22.7. The predicted molar refractivity (Wildman–Crippen MR) is 159 cm³/mol. The van der Waals surface area contributed by atoms with Crippen LogP contribution in [0.5, 0.6) is 5.75 Å². The van der Waals surface area contributed by atoms with Crippen LogP contribution in [-0.2, 0) is 0 Å². The number of nitrogens with zero attached hydrogens (tertiary/aromatic N) is 6. The van der Waals surface area contributed by atoms with Crippen molar-refractivity contribution in [3.05, 3.63) is 94.5 Å². The van der Waals surface area contributed by atoms with E-state index in [1.165, 1.54) is 0 Å². The van der Waals surface area contributed by atoms with Gasteiger partial charge < -0.3 is 21.1 Å². The van der Waals surface area contributed by atoms with Crippen molar-refractivity contribution in [2.24, 2.45) is 0 Å². The van der Waals surface area contributed by atoms with Gasteiger partial charge in [0.25, 0.3) is 5.56 Å². The van der Waals surface area contributed by atoms with Crippen LogP contribution in [0, 0.1) is 11.3 Å². The van der Waals surface area contributed by atoms with Crippen LogP contribution < -0.4 is 26.7 Å². The maximum atomic E-state index is 14.5. The predicted octanol–water partition coefficient (Wildman–Crippen LogP) is 4.62. The molecule has 0 amide bonds. The molecule has 1 saturated heterocycles. The fraction of sp³-hybridized carbons (Fsp3) is 0.194. The van der Waals surface area contributed by atoms with Crippen LogP contribution in [0.1, 0.15) is 37.2 Å². The highest BCUT2D eigenvalue weighted by Crippen LogP contribution is 2.41. The van der Waals surface area contributed by atoms with Gasteiger partial charge in [0.2, 0.25) is 5.95 Å². The molecule has 4 N–H and O–H groups in total. The minimum atomic E-state index is -0.382. The summed E-state index contributed by atoms with van der Waals surface area (Å²) in [6.45, 7) is 2.05. The van der Waals surface area contributed by atoms with E-state index in [-0.39, 0.29) is 35.0 Å². The van der Waals surface area contributed by atoms with Gasteiger partial charge in [-0.15, -0.1) is 0 Å². The molecule has 2 atom stereocenters. The van der Waals surface area contributed by atoms with Crippen molar-refractivity contribution in [1.29, 1.82) is 5.26 Å². The van der Waals surface area contributed by atoms with Gasteiger partial charge in [0, 0.05) is 6.04 Å². The SMILES string of the molecule is COc1ccc(-c2cccc3nc([C@@H]4CC[C@H](C)N4c4nc(N)nc(N)c4C#N)n(-c4ccccc4)c(=O)c23)cc1. The number of hydrogen-bond acceptors (Lipinski definition) is 9. The fourth-order valence-electron chi connectivity index (χ4n) is 5.68. The highest BCUT2D eigenvalue weighted by atomic mass is 16.5. The lowest BCUT2D eigenvalue weighted by molar-refractivity contribution is 0.415. The van der Waals surface area contributed by atoms with E-state index in [2.05, 4.69) is 16.0 Å². The maximum absolute atomic E-state index is 14.5. The summed E-state index contributed by atoms with van der Waals surface area (Å²) < 4.78 is 7.00. The van der Waals surface area contributed by atoms with Crippen LogP contribution in [0.2, 0.25) is 0 Å². The Balaban J connectivity index is 1.62. The third kappa shape index (κ3) is 4.37. The van der Waals surface area contributed by atoms with Crippen molar-refractivity contribution in [3.8, 4) is 28.6 Å². The minimum Gasteiger partial charge on any atom is -0.497 e. The molecule has 1 aliphatic heterocycles. The van der Waals surface area contributed by atoms with E-state index in [1.807, 2.05) is 84.6 Å². The Labute approximate surface area is 236 Å². The topological polar surface area (TPSA) is 149 Å². The van der Waals surface area contributed by atoms with Crippen molar-refractivity contribution in [2.75, 3.05) is 23.5 Å². The van der Waals surface area contributed by atoms with Crippen LogP contribution in [0.4, 0.5) is 17.6 Å². The summed E-state index contributed by atoms with van der Waals surface area (Å²) in [6.07, 6.45) is 1.47. The third-order valence-electron chi connectivity index (χ3n) is 7.60. The summed E-state index contributed by atoms with van der Waals surface area (Å²) in [5, 5.41) is 10.4. The molecular formula is C31H28N8O2. The summed E-state index contributed by atoms with van der Waals surface area (Å²) in [7, 11) is 1.62. The summed E-state index contributed by atoms with van der Waals surface area (Å²) in [6, 6.07) is 24.5. The molecule has 0 spiro atoms. The Morgan fingerprint density at radius 2 is 1.71 bits per heavy atom. The number of nitrogen functional groups attached to an aromatic ring is 2. The van der Waals surface area contributed by atoms with Crippen LogP contribution in [-0.4, -0.2) is 32.7 Å². The van der Waals surface area contributed by atoms with Crippen LogP contribution in [0.25, 0.3) is 27.7 Å². The monoisotopic (exact) mass is 544 g/mol. The van der Waals surface area contributed by atoms with Crippen LogP contribution >= 0.6 is 0 Å². The Bertz CT molecular complexity index is 1860. The number of methoxy groups -OCH3 is 1. The molecule has 0 bridgehead atoms. The highest BCUT2D eigenvalue weighted by molar-refractivity contribution is 5.94. The zero-order valence-electron chi connectivity index (χ0n) is 22.7. The van der Waals surface area contributed by atoms with E-state index < -0.39 is 0 Å². The van der Waals surface area contributed by atoms with Gasteiger partial charge in [-0.25, -0.2) is 4.98 Å². The molecule has 0 unspecified atom stereocenters. The minimum absolute atomic E-state index is 0.0175. The quantitative estimate of drug-likeness (QED) is 0.323. The maximum Gasteiger partial charge on any atom is 0.266 e. The molecule has 0 aliphatic carbocycles. The number of hydrogen-bond donors (Lipinski definition) is 2. The lowest BCUT2D eigenvalue weighted by Gasteiger charge is -2.31. The third-order valence-corrected chi connectivity index (χ3v) is 7.60. The Hall–Kier alpha value is -5.43. The number of ether oxygens (including phenoxy) is 1. The van der Waals surface area contributed by atoms with Gasteiger partial charge in [0.15, 0.2) is 5.82 Å². The van der Waals surface area contributed by atoms with Gasteiger partial charge in [-0.1, -0.05) is 42.5 Å². The number of rotatable bonds is 5. The second-order valence-corrected chi connectivity index (χ2v) is 10.0. The molecular weight excluding hydrogens is 516 g/mol. The fourth-order valence-corrected chi connectivity index (χ4v) is 5.68. The van der Waals surface area contributed by atoms with E-state index in [0.29, 0.717) is 34.7 Å². The van der Waals surface area contributed by atoms with E-state index in [1.54, 1.807) is 11.7 Å². The number of nitriles is 1. The number of anilines is 3. The van der Waals surface area contributed by atoms with Gasteiger partial charge in [-0.2, -0.15) is 15.2 Å². The van der Waals surface area contributed by atoms with Crippen molar-refractivity contribution in [2.45, 2.75) is 31.8 Å². The smallest absolute Gasteiger partial charge is 0.266 e. The average molecular weight is 545 g/mol. The highest BCUT2D eigenvalue weighted by Gasteiger charge is 2.38. The molecule has 0 saturated carbocycles. The van der Waals surface area contributed by atoms with Crippen LogP contribution in [0.15, 0.2) is 77.6 Å². The van der Waals surface area contributed by atoms with E-state index in [4.69, 9.17) is 21.2 Å². The molecule has 10 heteroatoms. The summed E-state index contributed by atoms with van der Waals surface area (Å²) in [5.41, 5.74) is 14.9. The van der Waals surface area contributed by atoms with Gasteiger partial charge in [-0.3, -0.25) is 9.36 Å². The Morgan fingerprint density at radius 3 is 2.41 bits per heavy atom. The van der Waals surface area contributed by atoms with Crippen molar-refractivity contribution < 1.29 is 4.74 Å². The second-order valence-electron chi connectivity index (χ2n) is 10.0. The normalized spacial score (nSPS) is 16.6. The first-order chi connectivity index (χ1) is 19.9. The molecule has 41 heavy (non-hydrogen) atoms. The Morgan fingerprint density at radius 1 is 0.951 bits per heavy atom. The molecule has 5 aromatic rings. The number of para-hydroxylation sites is 1. The summed E-state index contributed by atoms with van der Waals surface area (Å²) >= 11 is 0. The molecule has 0 radical (unpaired) electrons. The molecule has 2 aromatic heterocycles. The number of benzene rings is 3. The van der Waals surface area contributed by atoms with E-state index >= 15 is 0 Å². The summed E-state index contributed by atoms with van der Waals surface area (Å²) in [5.74, 6) is 1.61. The van der Waals surface area contributed by atoms with Gasteiger partial charge in [0.1, 0.15) is 29.0 Å². The van der Waals surface area contributed by atoms with Gasteiger partial charge >= 0.3 is 0 Å². The Kier molecular flexibility index (Phi) is 6.47. The largest absolute Gasteiger partial charge is 0.497 e. The zero-order chi connectivity index (χ0) is 28.7. The van der Waals surface area contributed by atoms with Crippen molar-refractivity contribution in [1.82, 2.24) is 19.5 Å². The van der Waals surface area contributed by atoms with E-state index in [0.717, 1.165) is 23.3 Å². The standard InChI is InChI=1S/C31H28N8O2/c1-18-11-16-25(38(18)28-23(17-32)27(33)36-31(34)37-28)29-35-24-10-6-9-22(19-12-14-21(41-2)15-13-19)26(24)30(40)39(29)20-7-4-3-5-8-20/h3-10,12-15,18,25H,11,16H2,1-2H3,(H4,33,34,36,37)/t18-,25-/m0/s1. The first-order valence-electron chi connectivity index (χ1n) is 13.3. The summed E-state index contributed by atoms with van der Waals surface area (Å²) in [4.78, 5) is 30.1. The second kappa shape index (κ2) is 10.3. The molecule has 3 aromatic carbocycles. The lowest BCUT2D eigenvalue weighted by Crippen LogP contribution is -2.36. The average Bonchev–Trinajstić information content (AvgIpc) is 3.37. The number of aromatic nitrogens is 4. The van der Waals surface area contributed by atoms with Crippen molar-refractivity contribution in [3.63, 3.8) is 0 Å². The van der Waals surface area contributed by atoms with Gasteiger partial charge in [-0.05, 0) is 61.2 Å². The van der Waals surface area contributed by atoms with Crippen molar-refractivity contribution >= 4 is 28.5 Å². The van der Waals surface area contributed by atoms with Crippen LogP contribution in [0.3, 0.4) is 0 Å². The van der Waals surface area contributed by atoms with E-state index in [9.17, 15) is 10.1 Å². The lowest BCUT2D eigenvalue weighted by atomic mass is 10.0. The molecule has 1 aliphatic rings. The first kappa shape index (κ1) is 25.8. The molecule has 204 valence electrons. The number of fused-ring (bicyclic) bond motifs is 1. The van der Waals surface area contributed by atoms with Gasteiger partial charge in [0.05, 0.1) is 29.7 Å². The molecule has 3 heterocycles. The molecule has 10 nitrogen and oxygen atoms in total. The first-order valence-corrected chi connectivity index (χ1v) is 13.3. The number of nitrogens with two attached hydrogens (primary N) is 2. The molecule has 1 fully saturated rings. The molecule has 6 rings (SSSR count).